The summed E-state index contributed by atoms with van der Waals surface area (Å²) < 4.78 is 4.93. The van der Waals surface area contributed by atoms with Crippen molar-refractivity contribution in [2.24, 2.45) is 10.8 Å². The van der Waals surface area contributed by atoms with Gasteiger partial charge in [0.2, 0.25) is 5.96 Å². The lowest BCUT2D eigenvalue weighted by molar-refractivity contribution is 0.197. The van der Waals surface area contributed by atoms with Gasteiger partial charge in [-0.25, -0.2) is 5.84 Å². The van der Waals surface area contributed by atoms with Crippen LogP contribution in [0.3, 0.4) is 0 Å². The molecule has 5 nitrogen and oxygen atoms in total. The number of rotatable bonds is 5. The first-order valence-corrected chi connectivity index (χ1v) is 4.98. The summed E-state index contributed by atoms with van der Waals surface area (Å²) in [6.45, 7) is 3.63. The number of hydrazine groups is 1. The van der Waals surface area contributed by atoms with E-state index in [-0.39, 0.29) is 5.54 Å². The Balaban J connectivity index is 2.22. The first-order chi connectivity index (χ1) is 6.70. The second-order valence-electron chi connectivity index (χ2n) is 3.91. The van der Waals surface area contributed by atoms with Crippen LogP contribution >= 0.6 is 0 Å². The maximum atomic E-state index is 5.35. The Morgan fingerprint density at radius 3 is 2.79 bits per heavy atom. The highest BCUT2D eigenvalue weighted by atomic mass is 16.5. The Hall–Kier alpha value is -0.810. The molecule has 0 heterocycles. The SMILES string of the molecule is COCCCN=C(NN)NC1(C)CC1. The molecule has 0 aromatic rings. The number of nitrogens with zero attached hydrogens (tertiary/aromatic N) is 1. The van der Waals surface area contributed by atoms with Crippen LogP contribution in [-0.4, -0.2) is 31.8 Å². The van der Waals surface area contributed by atoms with Gasteiger partial charge >= 0.3 is 0 Å². The second-order valence-corrected chi connectivity index (χ2v) is 3.91. The van der Waals surface area contributed by atoms with Crippen LogP contribution in [-0.2, 0) is 4.74 Å². The number of methoxy groups -OCH3 is 1. The molecule has 1 saturated carbocycles. The number of nitrogens with two attached hydrogens (primary N) is 1. The van der Waals surface area contributed by atoms with Crippen LogP contribution in [0.4, 0.5) is 0 Å². The maximum absolute atomic E-state index is 5.35. The van der Waals surface area contributed by atoms with Crippen LogP contribution in [0.5, 0.6) is 0 Å². The lowest BCUT2D eigenvalue weighted by atomic mass is 10.3. The van der Waals surface area contributed by atoms with E-state index in [0.29, 0.717) is 5.96 Å². The van der Waals surface area contributed by atoms with E-state index in [2.05, 4.69) is 22.7 Å². The largest absolute Gasteiger partial charge is 0.385 e. The zero-order valence-electron chi connectivity index (χ0n) is 8.97. The van der Waals surface area contributed by atoms with E-state index < -0.39 is 0 Å². The fourth-order valence-electron chi connectivity index (χ4n) is 1.12. The van der Waals surface area contributed by atoms with Gasteiger partial charge in [0, 0.05) is 25.8 Å². The summed E-state index contributed by atoms with van der Waals surface area (Å²) >= 11 is 0. The van der Waals surface area contributed by atoms with E-state index in [1.165, 1.54) is 12.8 Å². The van der Waals surface area contributed by atoms with E-state index in [0.717, 1.165) is 19.6 Å². The second kappa shape index (κ2) is 5.17. The molecule has 0 saturated heterocycles. The third kappa shape index (κ3) is 3.93. The van der Waals surface area contributed by atoms with Gasteiger partial charge in [0.25, 0.3) is 0 Å². The number of ether oxygens (including phenoxy) is 1. The lowest BCUT2D eigenvalue weighted by Gasteiger charge is -2.14. The summed E-state index contributed by atoms with van der Waals surface area (Å²) in [7, 11) is 1.69. The molecule has 0 spiro atoms. The zero-order valence-corrected chi connectivity index (χ0v) is 8.97. The van der Waals surface area contributed by atoms with Crippen molar-refractivity contribution in [2.75, 3.05) is 20.3 Å². The molecule has 1 rings (SSSR count). The van der Waals surface area contributed by atoms with E-state index in [1.54, 1.807) is 7.11 Å². The van der Waals surface area contributed by atoms with Crippen LogP contribution in [0.2, 0.25) is 0 Å². The van der Waals surface area contributed by atoms with Crippen molar-refractivity contribution in [1.82, 2.24) is 10.7 Å². The molecule has 0 aromatic carbocycles. The van der Waals surface area contributed by atoms with Crippen molar-refractivity contribution in [3.05, 3.63) is 0 Å². The average molecular weight is 200 g/mol. The quantitative estimate of drug-likeness (QED) is 0.192. The summed E-state index contributed by atoms with van der Waals surface area (Å²) in [5.41, 5.74) is 2.79. The molecular weight excluding hydrogens is 180 g/mol. The normalized spacial score (nSPS) is 19.2. The first-order valence-electron chi connectivity index (χ1n) is 4.98. The predicted octanol–water partition coefficient (Wildman–Crippen LogP) is -0.0157. The van der Waals surface area contributed by atoms with Gasteiger partial charge < -0.3 is 10.1 Å². The topological polar surface area (TPSA) is 71.7 Å². The highest BCUT2D eigenvalue weighted by Crippen LogP contribution is 2.33. The number of hydrogen-bond donors (Lipinski definition) is 3. The molecule has 0 radical (unpaired) electrons. The predicted molar refractivity (Wildman–Crippen MR) is 56.9 cm³/mol. The fourth-order valence-corrected chi connectivity index (χ4v) is 1.12. The maximum Gasteiger partial charge on any atom is 0.206 e. The Morgan fingerprint density at radius 2 is 2.29 bits per heavy atom. The molecule has 14 heavy (non-hydrogen) atoms. The lowest BCUT2D eigenvalue weighted by Crippen LogP contribution is -2.46. The van der Waals surface area contributed by atoms with Crippen molar-refractivity contribution >= 4 is 5.96 Å². The Bertz CT molecular complexity index is 201. The Morgan fingerprint density at radius 1 is 1.57 bits per heavy atom. The molecule has 1 fully saturated rings. The van der Waals surface area contributed by atoms with Gasteiger partial charge in [0.1, 0.15) is 0 Å². The van der Waals surface area contributed by atoms with E-state index in [4.69, 9.17) is 10.6 Å². The molecule has 0 bridgehead atoms. The third-order valence-corrected chi connectivity index (χ3v) is 2.33. The van der Waals surface area contributed by atoms with Crippen LogP contribution < -0.4 is 16.6 Å². The monoisotopic (exact) mass is 200 g/mol. The number of guanidine groups is 1. The van der Waals surface area contributed by atoms with Crippen LogP contribution in [0.25, 0.3) is 0 Å². The minimum atomic E-state index is 0.215. The third-order valence-electron chi connectivity index (χ3n) is 2.33. The highest BCUT2D eigenvalue weighted by molar-refractivity contribution is 5.80. The van der Waals surface area contributed by atoms with Crippen molar-refractivity contribution in [3.63, 3.8) is 0 Å². The van der Waals surface area contributed by atoms with Gasteiger partial charge in [-0.2, -0.15) is 0 Å². The van der Waals surface area contributed by atoms with Gasteiger partial charge in [-0.3, -0.25) is 10.4 Å². The van der Waals surface area contributed by atoms with Crippen molar-refractivity contribution in [2.45, 2.75) is 31.7 Å². The number of nitrogens with one attached hydrogen (secondary N) is 2. The molecule has 0 atom stereocenters. The highest BCUT2D eigenvalue weighted by Gasteiger charge is 2.37. The number of hydrogen-bond acceptors (Lipinski definition) is 3. The molecule has 1 aliphatic carbocycles. The van der Waals surface area contributed by atoms with Gasteiger partial charge in [-0.15, -0.1) is 0 Å². The minimum absolute atomic E-state index is 0.215. The van der Waals surface area contributed by atoms with Crippen LogP contribution in [0.1, 0.15) is 26.2 Å². The summed E-state index contributed by atoms with van der Waals surface area (Å²) in [5.74, 6) is 6.03. The van der Waals surface area contributed by atoms with Crippen LogP contribution in [0, 0.1) is 0 Å². The molecule has 0 unspecified atom stereocenters. The summed E-state index contributed by atoms with van der Waals surface area (Å²) in [6, 6.07) is 0. The molecule has 1 aliphatic rings. The van der Waals surface area contributed by atoms with Crippen molar-refractivity contribution in [3.8, 4) is 0 Å². The summed E-state index contributed by atoms with van der Waals surface area (Å²) in [6.07, 6.45) is 3.29. The van der Waals surface area contributed by atoms with E-state index in [9.17, 15) is 0 Å². The molecule has 82 valence electrons. The molecule has 0 aromatic heterocycles. The summed E-state index contributed by atoms with van der Waals surface area (Å²) in [5, 5.41) is 3.27. The van der Waals surface area contributed by atoms with E-state index >= 15 is 0 Å². The smallest absolute Gasteiger partial charge is 0.206 e. The fraction of sp³-hybridized carbons (Fsp3) is 0.889. The number of aliphatic imine (C=N–C) groups is 1. The van der Waals surface area contributed by atoms with Gasteiger partial charge in [0.05, 0.1) is 0 Å². The van der Waals surface area contributed by atoms with Crippen molar-refractivity contribution in [1.29, 1.82) is 0 Å². The zero-order chi connectivity index (χ0) is 10.4. The van der Waals surface area contributed by atoms with Gasteiger partial charge in [-0.1, -0.05) is 0 Å². The molecule has 0 aliphatic heterocycles. The molecular formula is C9H20N4O. The molecule has 0 amide bonds. The molecule has 4 N–H and O–H groups in total. The van der Waals surface area contributed by atoms with E-state index in [1.807, 2.05) is 0 Å². The summed E-state index contributed by atoms with van der Waals surface area (Å²) in [4.78, 5) is 4.29. The van der Waals surface area contributed by atoms with Gasteiger partial charge in [0.15, 0.2) is 0 Å². The first kappa shape index (κ1) is 11.3. The van der Waals surface area contributed by atoms with Crippen LogP contribution in [0.15, 0.2) is 4.99 Å². The van der Waals surface area contributed by atoms with Gasteiger partial charge in [-0.05, 0) is 26.2 Å². The van der Waals surface area contributed by atoms with Crippen molar-refractivity contribution < 1.29 is 4.74 Å². The minimum Gasteiger partial charge on any atom is -0.385 e. The average Bonchev–Trinajstić information content (AvgIpc) is 2.89. The standard InChI is InChI=1S/C9H20N4O/c1-9(4-5-9)12-8(13-10)11-6-3-7-14-2/h3-7,10H2,1-2H3,(H2,11,12,13). The Kier molecular flexibility index (Phi) is 4.16. The Labute approximate surface area is 85.1 Å². The molecule has 5 heteroatoms.